The number of ether oxygens (including phenoxy) is 2. The van der Waals surface area contributed by atoms with Crippen LogP contribution in [0.2, 0.25) is 0 Å². The second-order valence-electron chi connectivity index (χ2n) is 13.1. The molecule has 6 heteroatoms. The zero-order chi connectivity index (χ0) is 32.8. The van der Waals surface area contributed by atoms with Crippen LogP contribution >= 0.6 is 0 Å². The molecule has 0 spiro atoms. The summed E-state index contributed by atoms with van der Waals surface area (Å²) in [4.78, 5) is 54.9. The quantitative estimate of drug-likeness (QED) is 0.0934. The summed E-state index contributed by atoms with van der Waals surface area (Å²) in [6.45, 7) is 3.87. The fourth-order valence-electron chi connectivity index (χ4n) is 7.42. The van der Waals surface area contributed by atoms with Crippen molar-refractivity contribution in [3.05, 3.63) is 108 Å². The molecular formula is C41H42O6. The molecule has 47 heavy (non-hydrogen) atoms. The number of ketones is 2. The number of carbonyl (C=O) groups excluding carboxylic acids is 4. The highest BCUT2D eigenvalue weighted by atomic mass is 16.6. The molecule has 2 unspecified atom stereocenters. The van der Waals surface area contributed by atoms with E-state index in [1.54, 1.807) is 12.1 Å². The van der Waals surface area contributed by atoms with Crippen LogP contribution in [0.15, 0.2) is 97.1 Å². The minimum absolute atomic E-state index is 0.0958. The maximum atomic E-state index is 14.0. The maximum Gasteiger partial charge on any atom is 0.334 e. The molecule has 6 nitrogen and oxygen atoms in total. The highest BCUT2D eigenvalue weighted by Crippen LogP contribution is 2.34. The van der Waals surface area contributed by atoms with Gasteiger partial charge in [-0.15, -0.1) is 0 Å². The molecule has 0 aromatic heterocycles. The van der Waals surface area contributed by atoms with E-state index in [1.165, 1.54) is 0 Å². The molecule has 4 aromatic rings. The lowest BCUT2D eigenvalue weighted by molar-refractivity contribution is -0.152. The Labute approximate surface area is 276 Å². The van der Waals surface area contributed by atoms with E-state index >= 15 is 0 Å². The van der Waals surface area contributed by atoms with E-state index in [-0.39, 0.29) is 29.0 Å². The first kappa shape index (κ1) is 32.4. The fourth-order valence-corrected chi connectivity index (χ4v) is 7.42. The number of hydrogen-bond donors (Lipinski definition) is 0. The van der Waals surface area contributed by atoms with Gasteiger partial charge < -0.3 is 9.47 Å². The van der Waals surface area contributed by atoms with Crippen LogP contribution in [-0.2, 0) is 19.1 Å². The average molecular weight is 631 g/mol. The molecule has 6 rings (SSSR count). The molecule has 2 atom stereocenters. The van der Waals surface area contributed by atoms with E-state index in [0.717, 1.165) is 85.8 Å². The Bertz CT molecular complexity index is 1780. The normalized spacial score (nSPS) is 17.1. The van der Waals surface area contributed by atoms with Crippen LogP contribution in [0.5, 0.6) is 0 Å². The van der Waals surface area contributed by atoms with Crippen molar-refractivity contribution in [3.63, 3.8) is 0 Å². The number of benzene rings is 4. The Morgan fingerprint density at radius 2 is 1.00 bits per heavy atom. The van der Waals surface area contributed by atoms with Crippen LogP contribution in [0.1, 0.15) is 91.3 Å². The summed E-state index contributed by atoms with van der Waals surface area (Å²) in [6.07, 6.45) is 6.79. The van der Waals surface area contributed by atoms with Gasteiger partial charge in [0.15, 0.2) is 12.2 Å². The molecule has 0 amide bonds. The molecule has 2 fully saturated rings. The van der Waals surface area contributed by atoms with Crippen molar-refractivity contribution in [1.29, 1.82) is 0 Å². The second-order valence-corrected chi connectivity index (χ2v) is 13.1. The molecule has 2 saturated carbocycles. The highest BCUT2D eigenvalue weighted by Gasteiger charge is 2.37. The molecule has 0 saturated heterocycles. The first-order valence-corrected chi connectivity index (χ1v) is 17.0. The summed E-state index contributed by atoms with van der Waals surface area (Å²) in [5.41, 5.74) is 0.937. The molecule has 2 aliphatic carbocycles. The van der Waals surface area contributed by atoms with E-state index in [2.05, 4.69) is 6.58 Å². The summed E-state index contributed by atoms with van der Waals surface area (Å²) in [6, 6.07) is 26.5. The fraction of sp³-hybridized carbons (Fsp3) is 0.366. The van der Waals surface area contributed by atoms with E-state index in [0.29, 0.717) is 11.1 Å². The molecule has 4 aromatic carbocycles. The zero-order valence-electron chi connectivity index (χ0n) is 26.8. The predicted octanol–water partition coefficient (Wildman–Crippen LogP) is 8.99. The maximum absolute atomic E-state index is 14.0. The standard InChI is InChI=1S/C41H42O6/c1-27(41(45)47-40(31-18-6-3-7-19-31)38(44)35-25-13-21-29-15-9-11-23-33(29)35)26-36(42)46-39(30-16-4-2-5-17-30)37(43)34-24-12-20-28-14-8-10-22-32(28)34/h8-15,20-25,30-31,39-40H,1-7,16-19,26H2. The summed E-state index contributed by atoms with van der Waals surface area (Å²) < 4.78 is 11.9. The van der Waals surface area contributed by atoms with E-state index in [1.807, 2.05) is 72.8 Å². The number of esters is 2. The lowest BCUT2D eigenvalue weighted by atomic mass is 9.82. The topological polar surface area (TPSA) is 86.7 Å². The minimum atomic E-state index is -0.982. The average Bonchev–Trinajstić information content (AvgIpc) is 3.12. The third-order valence-electron chi connectivity index (χ3n) is 9.92. The highest BCUT2D eigenvalue weighted by molar-refractivity contribution is 6.12. The Hall–Kier alpha value is -4.58. The van der Waals surface area contributed by atoms with Crippen molar-refractivity contribution in [2.75, 3.05) is 0 Å². The monoisotopic (exact) mass is 630 g/mol. The molecule has 242 valence electrons. The van der Waals surface area contributed by atoms with Crippen molar-refractivity contribution >= 4 is 45.0 Å². The Kier molecular flexibility index (Phi) is 10.3. The summed E-state index contributed by atoms with van der Waals surface area (Å²) in [5, 5.41) is 3.50. The molecule has 2 aliphatic rings. The predicted molar refractivity (Wildman–Crippen MR) is 183 cm³/mol. The molecule has 0 N–H and O–H groups in total. The van der Waals surface area contributed by atoms with E-state index < -0.39 is 30.6 Å². The molecule has 0 aliphatic heterocycles. The zero-order valence-corrected chi connectivity index (χ0v) is 26.8. The second kappa shape index (κ2) is 14.9. The lowest BCUT2D eigenvalue weighted by Gasteiger charge is -2.30. The van der Waals surface area contributed by atoms with Crippen LogP contribution in [-0.4, -0.2) is 35.7 Å². The Morgan fingerprint density at radius 3 is 1.49 bits per heavy atom. The third kappa shape index (κ3) is 7.38. The summed E-state index contributed by atoms with van der Waals surface area (Å²) >= 11 is 0. The molecule has 0 radical (unpaired) electrons. The largest absolute Gasteiger partial charge is 0.453 e. The first-order chi connectivity index (χ1) is 22.9. The summed E-state index contributed by atoms with van der Waals surface area (Å²) in [7, 11) is 0. The van der Waals surface area contributed by atoms with Crippen molar-refractivity contribution in [2.45, 2.75) is 82.8 Å². The molecular weight excluding hydrogens is 588 g/mol. The Balaban J connectivity index is 1.18. The van der Waals surface area contributed by atoms with Crippen molar-refractivity contribution in [1.82, 2.24) is 0 Å². The van der Waals surface area contributed by atoms with Gasteiger partial charge in [-0.1, -0.05) is 130 Å². The molecule has 0 heterocycles. The SMILES string of the molecule is C=C(CC(=O)OC(C(=O)c1cccc2ccccc12)C1CCCCC1)C(=O)OC(C(=O)c1cccc2ccccc12)C1CCCCC1. The van der Waals surface area contributed by atoms with Gasteiger partial charge in [0.05, 0.1) is 6.42 Å². The van der Waals surface area contributed by atoms with Gasteiger partial charge in [-0.3, -0.25) is 14.4 Å². The third-order valence-corrected chi connectivity index (χ3v) is 9.92. The first-order valence-electron chi connectivity index (χ1n) is 17.0. The number of hydrogen-bond acceptors (Lipinski definition) is 6. The van der Waals surface area contributed by atoms with Crippen molar-refractivity contribution in [3.8, 4) is 0 Å². The minimum Gasteiger partial charge on any atom is -0.453 e. The van der Waals surface area contributed by atoms with Gasteiger partial charge in [0.1, 0.15) is 0 Å². The number of rotatable bonds is 11. The van der Waals surface area contributed by atoms with Gasteiger partial charge in [0.2, 0.25) is 11.6 Å². The van der Waals surface area contributed by atoms with Crippen LogP contribution < -0.4 is 0 Å². The molecule has 0 bridgehead atoms. The van der Waals surface area contributed by atoms with Gasteiger partial charge >= 0.3 is 11.9 Å². The van der Waals surface area contributed by atoms with Crippen LogP contribution in [0.25, 0.3) is 21.5 Å². The van der Waals surface area contributed by atoms with Gasteiger partial charge in [0.25, 0.3) is 0 Å². The van der Waals surface area contributed by atoms with Crippen LogP contribution in [0.3, 0.4) is 0 Å². The van der Waals surface area contributed by atoms with Crippen molar-refractivity contribution in [2.24, 2.45) is 11.8 Å². The number of Topliss-reactive ketones (excluding diaryl/α,β-unsaturated/α-hetero) is 2. The van der Waals surface area contributed by atoms with Gasteiger partial charge in [-0.05, 0) is 47.2 Å². The van der Waals surface area contributed by atoms with Gasteiger partial charge in [0, 0.05) is 28.5 Å². The van der Waals surface area contributed by atoms with Gasteiger partial charge in [-0.2, -0.15) is 0 Å². The smallest absolute Gasteiger partial charge is 0.334 e. The van der Waals surface area contributed by atoms with Crippen LogP contribution in [0.4, 0.5) is 0 Å². The Morgan fingerprint density at radius 1 is 0.574 bits per heavy atom. The number of carbonyl (C=O) groups is 4. The van der Waals surface area contributed by atoms with Crippen molar-refractivity contribution < 1.29 is 28.7 Å². The number of fused-ring (bicyclic) bond motifs is 2. The lowest BCUT2D eigenvalue weighted by Crippen LogP contribution is -2.37. The van der Waals surface area contributed by atoms with Gasteiger partial charge in [-0.25, -0.2) is 4.79 Å². The van der Waals surface area contributed by atoms with E-state index in [9.17, 15) is 19.2 Å². The van der Waals surface area contributed by atoms with E-state index in [4.69, 9.17) is 9.47 Å². The van der Waals surface area contributed by atoms with Crippen LogP contribution in [0, 0.1) is 11.8 Å². The summed E-state index contributed by atoms with van der Waals surface area (Å²) in [5.74, 6) is -2.18.